The van der Waals surface area contributed by atoms with E-state index in [0.717, 1.165) is 27.9 Å². The van der Waals surface area contributed by atoms with E-state index in [4.69, 9.17) is 0 Å². The Balaban J connectivity index is 2.39. The molecule has 1 heterocycles. The lowest BCUT2D eigenvalue weighted by atomic mass is 9.96. The van der Waals surface area contributed by atoms with Crippen molar-refractivity contribution in [3.63, 3.8) is 0 Å². The Bertz CT molecular complexity index is 553. The van der Waals surface area contributed by atoms with E-state index in [1.54, 1.807) is 17.4 Å². The van der Waals surface area contributed by atoms with Crippen LogP contribution in [0, 0.1) is 12.7 Å². The Kier molecular flexibility index (Phi) is 5.13. The molecule has 4 heteroatoms. The molecule has 102 valence electrons. The van der Waals surface area contributed by atoms with Crippen LogP contribution < -0.4 is 5.32 Å². The Morgan fingerprint density at radius 3 is 2.79 bits per heavy atom. The third kappa shape index (κ3) is 3.65. The first-order chi connectivity index (χ1) is 9.11. The highest BCUT2D eigenvalue weighted by Crippen LogP contribution is 2.31. The summed E-state index contributed by atoms with van der Waals surface area (Å²) >= 11 is 5.14. The lowest BCUT2D eigenvalue weighted by molar-refractivity contribution is 0.584. The first kappa shape index (κ1) is 14.7. The van der Waals surface area contributed by atoms with Gasteiger partial charge in [-0.3, -0.25) is 0 Å². The van der Waals surface area contributed by atoms with Crippen molar-refractivity contribution in [1.29, 1.82) is 0 Å². The SMILES string of the molecule is CCCNC(c1csc(Br)c1)c1cc(F)ccc1C. The molecular formula is C15H17BrFNS. The highest BCUT2D eigenvalue weighted by molar-refractivity contribution is 9.11. The van der Waals surface area contributed by atoms with E-state index in [9.17, 15) is 4.39 Å². The molecule has 1 aromatic heterocycles. The summed E-state index contributed by atoms with van der Waals surface area (Å²) in [6, 6.07) is 7.14. The molecule has 0 fully saturated rings. The molecule has 0 saturated heterocycles. The molecule has 1 atom stereocenters. The number of benzene rings is 1. The molecule has 2 rings (SSSR count). The zero-order chi connectivity index (χ0) is 13.8. The van der Waals surface area contributed by atoms with E-state index in [2.05, 4.69) is 39.6 Å². The summed E-state index contributed by atoms with van der Waals surface area (Å²) in [4.78, 5) is 0. The molecule has 0 aliphatic rings. The van der Waals surface area contributed by atoms with Crippen molar-refractivity contribution in [3.8, 4) is 0 Å². The molecule has 2 aromatic rings. The van der Waals surface area contributed by atoms with Gasteiger partial charge in [0.15, 0.2) is 0 Å². The fourth-order valence-corrected chi connectivity index (χ4v) is 3.29. The van der Waals surface area contributed by atoms with Gasteiger partial charge in [-0.2, -0.15) is 0 Å². The number of nitrogens with one attached hydrogen (secondary N) is 1. The number of aryl methyl sites for hydroxylation is 1. The Hall–Kier alpha value is -0.710. The quantitative estimate of drug-likeness (QED) is 0.802. The van der Waals surface area contributed by atoms with Crippen LogP contribution in [0.3, 0.4) is 0 Å². The van der Waals surface area contributed by atoms with E-state index in [1.165, 1.54) is 11.6 Å². The van der Waals surface area contributed by atoms with Gasteiger partial charge < -0.3 is 5.32 Å². The van der Waals surface area contributed by atoms with Gasteiger partial charge in [0.1, 0.15) is 5.82 Å². The second-order valence-corrected chi connectivity index (χ2v) is 6.86. The average Bonchev–Trinajstić information content (AvgIpc) is 2.80. The van der Waals surface area contributed by atoms with Crippen LogP contribution in [-0.2, 0) is 0 Å². The number of hydrogen-bond acceptors (Lipinski definition) is 2. The third-order valence-electron chi connectivity index (χ3n) is 3.07. The smallest absolute Gasteiger partial charge is 0.123 e. The Morgan fingerprint density at radius 2 is 2.16 bits per heavy atom. The van der Waals surface area contributed by atoms with Gasteiger partial charge in [0, 0.05) is 0 Å². The molecule has 1 N–H and O–H groups in total. The second kappa shape index (κ2) is 6.64. The molecule has 1 unspecified atom stereocenters. The van der Waals surface area contributed by atoms with Crippen molar-refractivity contribution < 1.29 is 4.39 Å². The van der Waals surface area contributed by atoms with Crippen LogP contribution in [0.5, 0.6) is 0 Å². The Labute approximate surface area is 126 Å². The average molecular weight is 342 g/mol. The predicted octanol–water partition coefficient (Wildman–Crippen LogP) is 5.05. The minimum atomic E-state index is -0.182. The predicted molar refractivity (Wildman–Crippen MR) is 83.3 cm³/mol. The van der Waals surface area contributed by atoms with Crippen molar-refractivity contribution in [2.75, 3.05) is 6.54 Å². The summed E-state index contributed by atoms with van der Waals surface area (Å²) in [5.74, 6) is -0.182. The highest BCUT2D eigenvalue weighted by atomic mass is 79.9. The van der Waals surface area contributed by atoms with Crippen LogP contribution in [0.2, 0.25) is 0 Å². The van der Waals surface area contributed by atoms with E-state index in [-0.39, 0.29) is 11.9 Å². The monoisotopic (exact) mass is 341 g/mol. The summed E-state index contributed by atoms with van der Waals surface area (Å²) in [6.07, 6.45) is 1.05. The molecule has 0 aliphatic carbocycles. The van der Waals surface area contributed by atoms with Gasteiger partial charge in [-0.05, 0) is 76.1 Å². The van der Waals surface area contributed by atoms with Crippen molar-refractivity contribution in [3.05, 3.63) is 55.9 Å². The first-order valence-corrected chi connectivity index (χ1v) is 8.02. The maximum absolute atomic E-state index is 13.5. The van der Waals surface area contributed by atoms with E-state index < -0.39 is 0 Å². The topological polar surface area (TPSA) is 12.0 Å². The summed E-state index contributed by atoms with van der Waals surface area (Å²) in [5, 5.41) is 5.62. The van der Waals surface area contributed by atoms with Crippen molar-refractivity contribution in [2.24, 2.45) is 0 Å². The largest absolute Gasteiger partial charge is 0.306 e. The normalized spacial score (nSPS) is 12.6. The molecule has 0 radical (unpaired) electrons. The van der Waals surface area contributed by atoms with E-state index in [1.807, 2.05) is 13.0 Å². The van der Waals surface area contributed by atoms with Crippen LogP contribution in [0.15, 0.2) is 33.4 Å². The van der Waals surface area contributed by atoms with Crippen LogP contribution in [0.1, 0.15) is 36.1 Å². The molecule has 0 amide bonds. The number of rotatable bonds is 5. The van der Waals surface area contributed by atoms with Gasteiger partial charge in [-0.25, -0.2) is 4.39 Å². The van der Waals surface area contributed by atoms with Crippen molar-refractivity contribution in [2.45, 2.75) is 26.3 Å². The number of halogens is 2. The Morgan fingerprint density at radius 1 is 1.37 bits per heavy atom. The van der Waals surface area contributed by atoms with Gasteiger partial charge >= 0.3 is 0 Å². The lowest BCUT2D eigenvalue weighted by Crippen LogP contribution is -2.23. The molecule has 1 nitrogen and oxygen atoms in total. The molecule has 0 saturated carbocycles. The summed E-state index contributed by atoms with van der Waals surface area (Å²) in [6.45, 7) is 5.07. The minimum Gasteiger partial charge on any atom is -0.306 e. The molecule has 0 spiro atoms. The molecular weight excluding hydrogens is 325 g/mol. The fourth-order valence-electron chi connectivity index (χ4n) is 2.09. The van der Waals surface area contributed by atoms with E-state index >= 15 is 0 Å². The standard InChI is InChI=1S/C15H17BrFNS/c1-3-6-18-15(11-7-14(16)19-9-11)13-8-12(17)5-4-10(13)2/h4-5,7-9,15,18H,3,6H2,1-2H3. The van der Waals surface area contributed by atoms with Gasteiger partial charge in [-0.15, -0.1) is 11.3 Å². The fraction of sp³-hybridized carbons (Fsp3) is 0.333. The maximum atomic E-state index is 13.5. The molecule has 19 heavy (non-hydrogen) atoms. The van der Waals surface area contributed by atoms with E-state index in [0.29, 0.717) is 0 Å². The summed E-state index contributed by atoms with van der Waals surface area (Å²) < 4.78 is 14.6. The van der Waals surface area contributed by atoms with Gasteiger partial charge in [0.05, 0.1) is 9.83 Å². The second-order valence-electron chi connectivity index (χ2n) is 4.57. The number of hydrogen-bond donors (Lipinski definition) is 1. The summed E-state index contributed by atoms with van der Waals surface area (Å²) in [5.41, 5.74) is 3.30. The van der Waals surface area contributed by atoms with Crippen LogP contribution in [0.4, 0.5) is 4.39 Å². The third-order valence-corrected chi connectivity index (χ3v) is 4.59. The zero-order valence-electron chi connectivity index (χ0n) is 11.0. The molecule has 0 aliphatic heterocycles. The molecule has 1 aromatic carbocycles. The highest BCUT2D eigenvalue weighted by Gasteiger charge is 2.17. The van der Waals surface area contributed by atoms with Crippen molar-refractivity contribution >= 4 is 27.3 Å². The molecule has 0 bridgehead atoms. The van der Waals surface area contributed by atoms with Gasteiger partial charge in [-0.1, -0.05) is 13.0 Å². The van der Waals surface area contributed by atoms with Gasteiger partial charge in [0.25, 0.3) is 0 Å². The van der Waals surface area contributed by atoms with Crippen molar-refractivity contribution in [1.82, 2.24) is 5.32 Å². The lowest BCUT2D eigenvalue weighted by Gasteiger charge is -2.20. The van der Waals surface area contributed by atoms with Crippen LogP contribution in [-0.4, -0.2) is 6.54 Å². The zero-order valence-corrected chi connectivity index (χ0v) is 13.4. The summed E-state index contributed by atoms with van der Waals surface area (Å²) in [7, 11) is 0. The first-order valence-electron chi connectivity index (χ1n) is 6.35. The van der Waals surface area contributed by atoms with Crippen LogP contribution >= 0.6 is 27.3 Å². The maximum Gasteiger partial charge on any atom is 0.123 e. The van der Waals surface area contributed by atoms with Gasteiger partial charge in [0.2, 0.25) is 0 Å². The van der Waals surface area contributed by atoms with Crippen LogP contribution in [0.25, 0.3) is 0 Å². The number of thiophene rings is 1. The minimum absolute atomic E-state index is 0.0539.